The number of hydrogen-bond acceptors (Lipinski definition) is 4. The van der Waals surface area contributed by atoms with Gasteiger partial charge in [-0.2, -0.15) is 0 Å². The van der Waals surface area contributed by atoms with Gasteiger partial charge in [0.2, 0.25) is 0 Å². The number of benzene rings is 2. The molecule has 0 aliphatic heterocycles. The van der Waals surface area contributed by atoms with E-state index in [1.807, 2.05) is 43.3 Å². The van der Waals surface area contributed by atoms with Crippen LogP contribution >= 0.6 is 0 Å². The van der Waals surface area contributed by atoms with Crippen LogP contribution < -0.4 is 15.5 Å². The van der Waals surface area contributed by atoms with Crippen molar-refractivity contribution in [2.45, 2.75) is 0 Å². The molecule has 2 N–H and O–H groups in total. The molecule has 5 nitrogen and oxygen atoms in total. The molecule has 0 bridgehead atoms. The van der Waals surface area contributed by atoms with Crippen LogP contribution in [0.2, 0.25) is 0 Å². The van der Waals surface area contributed by atoms with Crippen molar-refractivity contribution in [3.63, 3.8) is 0 Å². The summed E-state index contributed by atoms with van der Waals surface area (Å²) in [6, 6.07) is 14.2. The van der Waals surface area contributed by atoms with Crippen LogP contribution in [-0.2, 0) is 0 Å². The second kappa shape index (κ2) is 7.82. The summed E-state index contributed by atoms with van der Waals surface area (Å²) in [5.41, 5.74) is 2.44. The fourth-order valence-corrected chi connectivity index (χ4v) is 2.37. The van der Waals surface area contributed by atoms with Crippen LogP contribution in [0.4, 0.5) is 31.7 Å². The number of pyridine rings is 1. The first-order chi connectivity index (χ1) is 12.9. The highest BCUT2D eigenvalue weighted by atomic mass is 19.2. The van der Waals surface area contributed by atoms with E-state index in [-0.39, 0.29) is 5.56 Å². The minimum Gasteiger partial charge on any atom is -0.378 e. The predicted octanol–water partition coefficient (Wildman–Crippen LogP) is 4.42. The molecule has 7 heteroatoms. The Morgan fingerprint density at radius 3 is 2.22 bits per heavy atom. The van der Waals surface area contributed by atoms with Crippen LogP contribution in [-0.4, -0.2) is 25.0 Å². The number of halogens is 2. The van der Waals surface area contributed by atoms with E-state index in [1.54, 1.807) is 12.1 Å². The standard InChI is InChI=1S/C20H18F2N4O/c1-26(2)16-7-4-14(5-8-16)24-19-10-6-15(12-23-19)25-20(27)13-3-9-17(21)18(22)11-13/h3-12H,1-2H3,(H,23,24)(H,25,27). The van der Waals surface area contributed by atoms with Crippen molar-refractivity contribution in [1.82, 2.24) is 4.98 Å². The zero-order chi connectivity index (χ0) is 19.4. The molecule has 27 heavy (non-hydrogen) atoms. The Bertz CT molecular complexity index is 941. The molecule has 0 unspecified atom stereocenters. The highest BCUT2D eigenvalue weighted by Gasteiger charge is 2.10. The Morgan fingerprint density at radius 1 is 0.926 bits per heavy atom. The van der Waals surface area contributed by atoms with Crippen molar-refractivity contribution in [2.24, 2.45) is 0 Å². The number of carbonyl (C=O) groups is 1. The van der Waals surface area contributed by atoms with Crippen LogP contribution in [0.25, 0.3) is 0 Å². The average molecular weight is 368 g/mol. The lowest BCUT2D eigenvalue weighted by atomic mass is 10.2. The first-order valence-corrected chi connectivity index (χ1v) is 8.19. The maximum absolute atomic E-state index is 13.2. The van der Waals surface area contributed by atoms with E-state index in [1.165, 1.54) is 12.3 Å². The van der Waals surface area contributed by atoms with Crippen molar-refractivity contribution in [3.8, 4) is 0 Å². The van der Waals surface area contributed by atoms with Gasteiger partial charge in [0.1, 0.15) is 5.82 Å². The van der Waals surface area contributed by atoms with Gasteiger partial charge in [0.15, 0.2) is 11.6 Å². The van der Waals surface area contributed by atoms with Gasteiger partial charge in [-0.05, 0) is 54.6 Å². The lowest BCUT2D eigenvalue weighted by molar-refractivity contribution is 0.102. The van der Waals surface area contributed by atoms with E-state index in [2.05, 4.69) is 15.6 Å². The Hall–Kier alpha value is -3.48. The number of nitrogens with zero attached hydrogens (tertiary/aromatic N) is 2. The van der Waals surface area contributed by atoms with Gasteiger partial charge in [-0.1, -0.05) is 0 Å². The lowest BCUT2D eigenvalue weighted by Gasteiger charge is -2.13. The molecule has 1 amide bonds. The molecule has 138 valence electrons. The molecule has 0 atom stereocenters. The van der Waals surface area contributed by atoms with E-state index in [0.29, 0.717) is 11.5 Å². The normalized spacial score (nSPS) is 10.4. The molecule has 1 heterocycles. The molecule has 0 radical (unpaired) electrons. The second-order valence-corrected chi connectivity index (χ2v) is 6.08. The Morgan fingerprint density at radius 2 is 1.63 bits per heavy atom. The quantitative estimate of drug-likeness (QED) is 0.700. The summed E-state index contributed by atoms with van der Waals surface area (Å²) >= 11 is 0. The van der Waals surface area contributed by atoms with E-state index >= 15 is 0 Å². The third kappa shape index (κ3) is 4.58. The van der Waals surface area contributed by atoms with Crippen LogP contribution in [0, 0.1) is 11.6 Å². The lowest BCUT2D eigenvalue weighted by Crippen LogP contribution is -2.12. The number of amides is 1. The van der Waals surface area contributed by atoms with E-state index < -0.39 is 17.5 Å². The minimum absolute atomic E-state index is 0.0251. The summed E-state index contributed by atoms with van der Waals surface area (Å²) in [4.78, 5) is 18.3. The molecule has 0 spiro atoms. The maximum Gasteiger partial charge on any atom is 0.255 e. The van der Waals surface area contributed by atoms with Crippen molar-refractivity contribution in [2.75, 3.05) is 29.6 Å². The Kier molecular flexibility index (Phi) is 5.30. The third-order valence-corrected chi connectivity index (χ3v) is 3.86. The fourth-order valence-electron chi connectivity index (χ4n) is 2.37. The number of aromatic nitrogens is 1. The summed E-state index contributed by atoms with van der Waals surface area (Å²) < 4.78 is 26.2. The third-order valence-electron chi connectivity index (χ3n) is 3.86. The number of carbonyl (C=O) groups excluding carboxylic acids is 1. The zero-order valence-corrected chi connectivity index (χ0v) is 14.8. The first-order valence-electron chi connectivity index (χ1n) is 8.19. The molecule has 3 aromatic rings. The predicted molar refractivity (Wildman–Crippen MR) is 103 cm³/mol. The van der Waals surface area contributed by atoms with Gasteiger partial charge in [-0.3, -0.25) is 4.79 Å². The fraction of sp³-hybridized carbons (Fsp3) is 0.100. The van der Waals surface area contributed by atoms with Crippen molar-refractivity contribution < 1.29 is 13.6 Å². The SMILES string of the molecule is CN(C)c1ccc(Nc2ccc(NC(=O)c3ccc(F)c(F)c3)cn2)cc1. The smallest absolute Gasteiger partial charge is 0.255 e. The molecule has 1 aromatic heterocycles. The van der Waals surface area contributed by atoms with Gasteiger partial charge in [0.05, 0.1) is 11.9 Å². The van der Waals surface area contributed by atoms with Crippen LogP contribution in [0.3, 0.4) is 0 Å². The first kappa shape index (κ1) is 18.3. The molecular formula is C20H18F2N4O. The van der Waals surface area contributed by atoms with Gasteiger partial charge >= 0.3 is 0 Å². The van der Waals surface area contributed by atoms with E-state index in [9.17, 15) is 13.6 Å². The summed E-state index contributed by atoms with van der Waals surface area (Å²) in [6.45, 7) is 0. The molecule has 0 saturated carbocycles. The number of rotatable bonds is 5. The molecule has 0 aliphatic rings. The maximum atomic E-state index is 13.2. The monoisotopic (exact) mass is 368 g/mol. The van der Waals surface area contributed by atoms with Crippen LogP contribution in [0.1, 0.15) is 10.4 Å². The van der Waals surface area contributed by atoms with Crippen molar-refractivity contribution >= 4 is 28.8 Å². The van der Waals surface area contributed by atoms with Crippen molar-refractivity contribution in [1.29, 1.82) is 0 Å². The van der Waals surface area contributed by atoms with Crippen LogP contribution in [0.15, 0.2) is 60.8 Å². The molecule has 0 fully saturated rings. The van der Waals surface area contributed by atoms with Gasteiger partial charge < -0.3 is 15.5 Å². The zero-order valence-electron chi connectivity index (χ0n) is 14.8. The van der Waals surface area contributed by atoms with Crippen molar-refractivity contribution in [3.05, 3.63) is 78.0 Å². The summed E-state index contributed by atoms with van der Waals surface area (Å²) in [5.74, 6) is -2.00. The highest BCUT2D eigenvalue weighted by Crippen LogP contribution is 2.20. The highest BCUT2D eigenvalue weighted by molar-refractivity contribution is 6.04. The molecule has 0 aliphatic carbocycles. The van der Waals surface area contributed by atoms with E-state index in [4.69, 9.17) is 0 Å². The number of hydrogen-bond donors (Lipinski definition) is 2. The second-order valence-electron chi connectivity index (χ2n) is 6.08. The van der Waals surface area contributed by atoms with E-state index in [0.717, 1.165) is 23.5 Å². The Balaban J connectivity index is 1.64. The summed E-state index contributed by atoms with van der Waals surface area (Å²) in [6.07, 6.45) is 1.48. The van der Waals surface area contributed by atoms with Gasteiger partial charge in [0, 0.05) is 31.0 Å². The Labute approximate surface area is 155 Å². The topological polar surface area (TPSA) is 57.3 Å². The molecule has 3 rings (SSSR count). The summed E-state index contributed by atoms with van der Waals surface area (Å²) in [5, 5.41) is 5.75. The van der Waals surface area contributed by atoms with Gasteiger partial charge in [0.25, 0.3) is 5.91 Å². The average Bonchev–Trinajstić information content (AvgIpc) is 2.66. The van der Waals surface area contributed by atoms with Crippen LogP contribution in [0.5, 0.6) is 0 Å². The number of anilines is 4. The summed E-state index contributed by atoms with van der Waals surface area (Å²) in [7, 11) is 3.94. The minimum atomic E-state index is -1.07. The molecular weight excluding hydrogens is 350 g/mol. The number of nitrogens with one attached hydrogen (secondary N) is 2. The molecule has 0 saturated heterocycles. The largest absolute Gasteiger partial charge is 0.378 e. The molecule has 2 aromatic carbocycles. The van der Waals surface area contributed by atoms with Gasteiger partial charge in [-0.15, -0.1) is 0 Å². The van der Waals surface area contributed by atoms with Gasteiger partial charge in [-0.25, -0.2) is 13.8 Å².